The molecule has 0 spiro atoms. The third-order valence-corrected chi connectivity index (χ3v) is 3.49. The predicted octanol–water partition coefficient (Wildman–Crippen LogP) is 3.39. The molecule has 3 rings (SSSR count). The van der Waals surface area contributed by atoms with E-state index in [1.807, 2.05) is 53.1 Å². The standard InChI is InChI=1S/C16H12N4S/c17-11-13-8-4-5-9-14(13)20-15(18-19-16(20)21)10-12-6-2-1-3-7-12/h1-9H,10H2,(H,19,21). The molecule has 0 bridgehead atoms. The van der Waals surface area contributed by atoms with E-state index in [0.717, 1.165) is 17.1 Å². The number of aromatic amines is 1. The Hall–Kier alpha value is -2.71. The Kier molecular flexibility index (Phi) is 3.63. The van der Waals surface area contributed by atoms with Gasteiger partial charge in [-0.3, -0.25) is 9.67 Å². The third-order valence-electron chi connectivity index (χ3n) is 3.21. The van der Waals surface area contributed by atoms with Gasteiger partial charge in [0.1, 0.15) is 11.9 Å². The second kappa shape index (κ2) is 5.73. The number of hydrogen-bond acceptors (Lipinski definition) is 3. The fourth-order valence-electron chi connectivity index (χ4n) is 2.24. The lowest BCUT2D eigenvalue weighted by Gasteiger charge is -2.08. The minimum Gasteiger partial charge on any atom is -0.271 e. The second-order valence-electron chi connectivity index (χ2n) is 4.57. The molecule has 1 heterocycles. The highest BCUT2D eigenvalue weighted by atomic mass is 32.1. The topological polar surface area (TPSA) is 57.4 Å². The van der Waals surface area contributed by atoms with E-state index >= 15 is 0 Å². The van der Waals surface area contributed by atoms with Gasteiger partial charge in [-0.1, -0.05) is 42.5 Å². The number of aromatic nitrogens is 3. The number of H-pyrrole nitrogens is 1. The number of para-hydroxylation sites is 1. The number of nitrogens with one attached hydrogen (secondary N) is 1. The fourth-order valence-corrected chi connectivity index (χ4v) is 2.49. The van der Waals surface area contributed by atoms with Crippen molar-refractivity contribution in [2.45, 2.75) is 6.42 Å². The van der Waals surface area contributed by atoms with Crippen molar-refractivity contribution in [3.8, 4) is 11.8 Å². The summed E-state index contributed by atoms with van der Waals surface area (Å²) >= 11 is 5.31. The molecule has 0 aliphatic heterocycles. The molecular formula is C16H12N4S. The van der Waals surface area contributed by atoms with Crippen LogP contribution < -0.4 is 0 Å². The Bertz CT molecular complexity index is 856. The Morgan fingerprint density at radius 1 is 1.10 bits per heavy atom. The van der Waals surface area contributed by atoms with Gasteiger partial charge in [0.15, 0.2) is 4.77 Å². The average molecular weight is 292 g/mol. The van der Waals surface area contributed by atoms with E-state index in [1.54, 1.807) is 6.07 Å². The van der Waals surface area contributed by atoms with Crippen LogP contribution in [0, 0.1) is 16.1 Å². The Balaban J connectivity index is 2.10. The van der Waals surface area contributed by atoms with Crippen molar-refractivity contribution in [1.82, 2.24) is 14.8 Å². The molecule has 0 amide bonds. The van der Waals surface area contributed by atoms with Gasteiger partial charge >= 0.3 is 0 Å². The first-order valence-electron chi connectivity index (χ1n) is 6.49. The molecule has 1 N–H and O–H groups in total. The zero-order valence-corrected chi connectivity index (χ0v) is 12.0. The molecule has 21 heavy (non-hydrogen) atoms. The van der Waals surface area contributed by atoms with Crippen LogP contribution in [0.25, 0.3) is 5.69 Å². The fraction of sp³-hybridized carbons (Fsp3) is 0.0625. The first-order chi connectivity index (χ1) is 10.3. The molecule has 0 radical (unpaired) electrons. The van der Waals surface area contributed by atoms with Crippen molar-refractivity contribution >= 4 is 12.2 Å². The molecule has 0 unspecified atom stereocenters. The lowest BCUT2D eigenvalue weighted by atomic mass is 10.1. The zero-order valence-electron chi connectivity index (χ0n) is 11.2. The summed E-state index contributed by atoms with van der Waals surface area (Å²) in [7, 11) is 0. The first-order valence-corrected chi connectivity index (χ1v) is 6.90. The monoisotopic (exact) mass is 292 g/mol. The maximum atomic E-state index is 9.26. The molecule has 1 aromatic heterocycles. The Morgan fingerprint density at radius 2 is 1.81 bits per heavy atom. The molecule has 0 aliphatic rings. The van der Waals surface area contributed by atoms with Crippen LogP contribution in [-0.4, -0.2) is 14.8 Å². The molecule has 0 saturated heterocycles. The highest BCUT2D eigenvalue weighted by Gasteiger charge is 2.12. The van der Waals surface area contributed by atoms with Crippen LogP contribution in [0.15, 0.2) is 54.6 Å². The van der Waals surface area contributed by atoms with Crippen molar-refractivity contribution in [2.75, 3.05) is 0 Å². The molecule has 2 aromatic carbocycles. The SMILES string of the molecule is N#Cc1ccccc1-n1c(Cc2ccccc2)n[nH]c1=S. The van der Waals surface area contributed by atoms with E-state index < -0.39 is 0 Å². The number of hydrogen-bond donors (Lipinski definition) is 1. The highest BCUT2D eigenvalue weighted by molar-refractivity contribution is 7.71. The Morgan fingerprint density at radius 3 is 2.57 bits per heavy atom. The number of nitriles is 1. The van der Waals surface area contributed by atoms with Crippen LogP contribution in [0.5, 0.6) is 0 Å². The van der Waals surface area contributed by atoms with Gasteiger partial charge in [0.25, 0.3) is 0 Å². The van der Waals surface area contributed by atoms with Crippen LogP contribution in [0.2, 0.25) is 0 Å². The van der Waals surface area contributed by atoms with E-state index in [0.29, 0.717) is 16.8 Å². The highest BCUT2D eigenvalue weighted by Crippen LogP contribution is 2.17. The van der Waals surface area contributed by atoms with Gasteiger partial charge in [-0.2, -0.15) is 10.4 Å². The third kappa shape index (κ3) is 2.62. The summed E-state index contributed by atoms with van der Waals surface area (Å²) < 4.78 is 2.31. The maximum Gasteiger partial charge on any atom is 0.199 e. The van der Waals surface area contributed by atoms with Crippen molar-refractivity contribution in [3.05, 3.63) is 76.3 Å². The summed E-state index contributed by atoms with van der Waals surface area (Å²) in [5, 5.41) is 16.4. The molecule has 0 atom stereocenters. The minimum absolute atomic E-state index is 0.489. The molecule has 0 aliphatic carbocycles. The van der Waals surface area contributed by atoms with E-state index in [-0.39, 0.29) is 0 Å². The first kappa shape index (κ1) is 13.3. The van der Waals surface area contributed by atoms with Crippen LogP contribution in [0.1, 0.15) is 17.0 Å². The summed E-state index contributed by atoms with van der Waals surface area (Å²) in [4.78, 5) is 0. The summed E-state index contributed by atoms with van der Waals surface area (Å²) in [6.07, 6.45) is 0.647. The lowest BCUT2D eigenvalue weighted by Crippen LogP contribution is -2.04. The summed E-state index contributed by atoms with van der Waals surface area (Å²) in [5.41, 5.74) is 2.47. The van der Waals surface area contributed by atoms with Crippen molar-refractivity contribution in [3.63, 3.8) is 0 Å². The second-order valence-corrected chi connectivity index (χ2v) is 4.96. The van der Waals surface area contributed by atoms with Crippen molar-refractivity contribution < 1.29 is 0 Å². The van der Waals surface area contributed by atoms with Crippen LogP contribution in [0.4, 0.5) is 0 Å². The molecule has 102 valence electrons. The van der Waals surface area contributed by atoms with E-state index in [9.17, 15) is 5.26 Å². The molecule has 4 nitrogen and oxygen atoms in total. The molecule has 3 aromatic rings. The van der Waals surface area contributed by atoms with Gasteiger partial charge in [0.05, 0.1) is 11.3 Å². The van der Waals surface area contributed by atoms with E-state index in [2.05, 4.69) is 16.3 Å². The smallest absolute Gasteiger partial charge is 0.199 e. The van der Waals surface area contributed by atoms with E-state index in [1.165, 1.54) is 0 Å². The number of benzene rings is 2. The minimum atomic E-state index is 0.489. The normalized spacial score (nSPS) is 10.2. The van der Waals surface area contributed by atoms with Crippen molar-refractivity contribution in [2.24, 2.45) is 0 Å². The van der Waals surface area contributed by atoms with E-state index in [4.69, 9.17) is 12.2 Å². The lowest BCUT2D eigenvalue weighted by molar-refractivity contribution is 0.900. The maximum absolute atomic E-state index is 9.26. The largest absolute Gasteiger partial charge is 0.271 e. The predicted molar refractivity (Wildman–Crippen MR) is 82.7 cm³/mol. The summed E-state index contributed by atoms with van der Waals surface area (Å²) in [6, 6.07) is 19.6. The zero-order chi connectivity index (χ0) is 14.7. The van der Waals surface area contributed by atoms with Gasteiger partial charge in [-0.15, -0.1) is 0 Å². The number of nitrogens with zero attached hydrogens (tertiary/aromatic N) is 3. The average Bonchev–Trinajstić information content (AvgIpc) is 2.89. The molecule has 0 saturated carbocycles. The molecular weight excluding hydrogens is 280 g/mol. The van der Waals surface area contributed by atoms with Gasteiger partial charge in [-0.25, -0.2) is 0 Å². The quantitative estimate of drug-likeness (QED) is 0.753. The van der Waals surface area contributed by atoms with Crippen LogP contribution in [0.3, 0.4) is 0 Å². The van der Waals surface area contributed by atoms with Crippen LogP contribution in [-0.2, 0) is 6.42 Å². The van der Waals surface area contributed by atoms with Gasteiger partial charge in [0, 0.05) is 6.42 Å². The Labute approximate surface area is 127 Å². The van der Waals surface area contributed by atoms with Crippen molar-refractivity contribution in [1.29, 1.82) is 5.26 Å². The summed E-state index contributed by atoms with van der Waals surface area (Å²) in [5.74, 6) is 0.786. The van der Waals surface area contributed by atoms with Gasteiger partial charge in [0.2, 0.25) is 0 Å². The molecule has 0 fully saturated rings. The summed E-state index contributed by atoms with van der Waals surface area (Å²) in [6.45, 7) is 0. The van der Waals surface area contributed by atoms with Gasteiger partial charge < -0.3 is 0 Å². The molecule has 5 heteroatoms. The number of rotatable bonds is 3. The van der Waals surface area contributed by atoms with Crippen LogP contribution >= 0.6 is 12.2 Å². The van der Waals surface area contributed by atoms with Gasteiger partial charge in [-0.05, 0) is 29.9 Å².